The largest absolute Gasteiger partial charge is 0.418 e. The van der Waals surface area contributed by atoms with E-state index in [1.807, 2.05) is 6.92 Å². The fourth-order valence-electron chi connectivity index (χ4n) is 0.782. The summed E-state index contributed by atoms with van der Waals surface area (Å²) in [6.07, 6.45) is 1.34. The van der Waals surface area contributed by atoms with Gasteiger partial charge in [0.05, 0.1) is 6.23 Å². The van der Waals surface area contributed by atoms with Crippen LogP contribution in [-0.4, -0.2) is 32.7 Å². The third-order valence-electron chi connectivity index (χ3n) is 1.29. The van der Waals surface area contributed by atoms with Crippen molar-refractivity contribution in [3.8, 4) is 0 Å². The zero-order chi connectivity index (χ0) is 7.82. The second-order valence-corrected chi connectivity index (χ2v) is 5.09. The Bertz CT molecular complexity index is 72.8. The minimum atomic E-state index is -1.22. The van der Waals surface area contributed by atoms with E-state index in [-0.39, 0.29) is 6.23 Å². The topological polar surface area (TPSA) is 29.5 Å². The van der Waals surface area contributed by atoms with E-state index in [4.69, 9.17) is 9.53 Å². The monoisotopic (exact) mass is 180 g/mol. The first-order chi connectivity index (χ1) is 4.85. The first kappa shape index (κ1) is 10.5. The summed E-state index contributed by atoms with van der Waals surface area (Å²) in [4.78, 5) is 0. The Kier molecular flexibility index (Phi) is 7.96. The Morgan fingerprint density at radius 3 is 2.70 bits per heavy atom. The van der Waals surface area contributed by atoms with Gasteiger partial charge in [0.1, 0.15) is 0 Å². The molecule has 4 heteroatoms. The van der Waals surface area contributed by atoms with Crippen molar-refractivity contribution < 1.29 is 9.53 Å². The van der Waals surface area contributed by atoms with Crippen molar-refractivity contribution in [3.05, 3.63) is 0 Å². The van der Waals surface area contributed by atoms with Crippen LogP contribution in [0, 0.1) is 0 Å². The molecule has 0 aromatic carbocycles. The summed E-state index contributed by atoms with van der Waals surface area (Å²) in [5, 5.41) is 8.80. The SMILES string of the molecule is CCO[SiH](CO)CCCS. The summed E-state index contributed by atoms with van der Waals surface area (Å²) in [6, 6.07) is 1.05. The van der Waals surface area contributed by atoms with Crippen LogP contribution in [0.25, 0.3) is 0 Å². The van der Waals surface area contributed by atoms with Crippen molar-refractivity contribution in [1.82, 2.24) is 0 Å². The van der Waals surface area contributed by atoms with Crippen LogP contribution in [0.5, 0.6) is 0 Å². The Hall–Kier alpha value is 0.487. The molecule has 0 amide bonds. The second kappa shape index (κ2) is 7.59. The predicted molar refractivity (Wildman–Crippen MR) is 49.1 cm³/mol. The molecule has 0 bridgehead atoms. The lowest BCUT2D eigenvalue weighted by atomic mass is 10.6. The van der Waals surface area contributed by atoms with Crippen molar-refractivity contribution in [2.75, 3.05) is 18.6 Å². The highest BCUT2D eigenvalue weighted by molar-refractivity contribution is 7.80. The van der Waals surface area contributed by atoms with E-state index in [2.05, 4.69) is 12.6 Å². The maximum atomic E-state index is 8.80. The van der Waals surface area contributed by atoms with Crippen molar-refractivity contribution in [3.63, 3.8) is 0 Å². The number of aliphatic hydroxyl groups is 1. The molecular formula is C6H16O2SSi. The standard InChI is InChI=1S/C6H16O2SSi/c1-2-8-10(6-7)5-3-4-9/h7,9-10H,2-6H2,1H3. The normalized spacial score (nSPS) is 13.5. The fourth-order valence-corrected chi connectivity index (χ4v) is 2.89. The van der Waals surface area contributed by atoms with Gasteiger partial charge in [-0.05, 0) is 25.1 Å². The molecule has 10 heavy (non-hydrogen) atoms. The van der Waals surface area contributed by atoms with Crippen LogP contribution >= 0.6 is 12.6 Å². The molecule has 62 valence electrons. The highest BCUT2D eigenvalue weighted by Crippen LogP contribution is 1.99. The van der Waals surface area contributed by atoms with E-state index in [0.717, 1.165) is 24.8 Å². The second-order valence-electron chi connectivity index (χ2n) is 2.13. The molecule has 0 saturated heterocycles. The van der Waals surface area contributed by atoms with Crippen LogP contribution in [0.1, 0.15) is 13.3 Å². The van der Waals surface area contributed by atoms with Crippen LogP contribution in [0.4, 0.5) is 0 Å². The Labute approximate surface area is 69.7 Å². The average molecular weight is 180 g/mol. The summed E-state index contributed by atoms with van der Waals surface area (Å²) in [5.74, 6) is 0.899. The molecule has 0 aliphatic heterocycles. The molecule has 0 aliphatic carbocycles. The van der Waals surface area contributed by atoms with E-state index < -0.39 is 9.04 Å². The third-order valence-corrected chi connectivity index (χ3v) is 3.87. The van der Waals surface area contributed by atoms with Gasteiger partial charge in [0, 0.05) is 6.61 Å². The zero-order valence-corrected chi connectivity index (χ0v) is 8.46. The van der Waals surface area contributed by atoms with Gasteiger partial charge in [-0.2, -0.15) is 12.6 Å². The van der Waals surface area contributed by atoms with Gasteiger partial charge in [0.2, 0.25) is 9.04 Å². The Morgan fingerprint density at radius 2 is 2.30 bits per heavy atom. The van der Waals surface area contributed by atoms with Crippen molar-refractivity contribution in [2.24, 2.45) is 0 Å². The molecule has 1 unspecified atom stereocenters. The van der Waals surface area contributed by atoms with Crippen molar-refractivity contribution >= 4 is 21.7 Å². The lowest BCUT2D eigenvalue weighted by molar-refractivity contribution is 0.286. The maximum absolute atomic E-state index is 8.80. The van der Waals surface area contributed by atoms with Gasteiger partial charge in [-0.1, -0.05) is 0 Å². The van der Waals surface area contributed by atoms with Crippen molar-refractivity contribution in [2.45, 2.75) is 19.4 Å². The molecule has 1 N–H and O–H groups in total. The highest BCUT2D eigenvalue weighted by Gasteiger charge is 2.07. The van der Waals surface area contributed by atoms with Crippen LogP contribution in [0.2, 0.25) is 6.04 Å². The zero-order valence-electron chi connectivity index (χ0n) is 6.42. The minimum absolute atomic E-state index is 0.265. The van der Waals surface area contributed by atoms with Gasteiger partial charge in [0.25, 0.3) is 0 Å². The summed E-state index contributed by atoms with van der Waals surface area (Å²) in [6.45, 7) is 2.71. The Morgan fingerprint density at radius 1 is 1.60 bits per heavy atom. The van der Waals surface area contributed by atoms with E-state index in [1.54, 1.807) is 0 Å². The molecule has 0 rings (SSSR count). The summed E-state index contributed by atoms with van der Waals surface area (Å²) < 4.78 is 5.35. The summed E-state index contributed by atoms with van der Waals surface area (Å²) in [5.41, 5.74) is 0. The van der Waals surface area contributed by atoms with Gasteiger partial charge in [-0.15, -0.1) is 0 Å². The lowest BCUT2D eigenvalue weighted by Crippen LogP contribution is -2.23. The van der Waals surface area contributed by atoms with Crippen LogP contribution in [-0.2, 0) is 4.43 Å². The highest BCUT2D eigenvalue weighted by atomic mass is 32.1. The molecule has 0 aromatic heterocycles. The number of aliphatic hydroxyl groups excluding tert-OH is 1. The number of hydrogen-bond acceptors (Lipinski definition) is 3. The summed E-state index contributed by atoms with van der Waals surface area (Å²) >= 11 is 4.09. The number of thiol groups is 1. The minimum Gasteiger partial charge on any atom is -0.418 e. The molecule has 0 saturated carbocycles. The van der Waals surface area contributed by atoms with Gasteiger partial charge < -0.3 is 9.53 Å². The van der Waals surface area contributed by atoms with E-state index >= 15 is 0 Å². The molecule has 0 fully saturated rings. The van der Waals surface area contributed by atoms with E-state index in [0.29, 0.717) is 0 Å². The first-order valence-corrected chi connectivity index (χ1v) is 6.42. The maximum Gasteiger partial charge on any atom is 0.201 e. The van der Waals surface area contributed by atoms with E-state index in [1.165, 1.54) is 0 Å². The smallest absolute Gasteiger partial charge is 0.201 e. The third kappa shape index (κ3) is 5.29. The Balaban J connectivity index is 3.21. The van der Waals surface area contributed by atoms with Gasteiger partial charge >= 0.3 is 0 Å². The first-order valence-electron chi connectivity index (χ1n) is 3.68. The predicted octanol–water partition coefficient (Wildman–Crippen LogP) is 0.598. The van der Waals surface area contributed by atoms with Gasteiger partial charge in [-0.3, -0.25) is 0 Å². The molecule has 0 heterocycles. The molecule has 1 atom stereocenters. The molecule has 0 radical (unpaired) electrons. The number of rotatable bonds is 6. The molecular weight excluding hydrogens is 164 g/mol. The van der Waals surface area contributed by atoms with Crippen LogP contribution in [0.15, 0.2) is 0 Å². The van der Waals surface area contributed by atoms with Gasteiger partial charge in [0.15, 0.2) is 0 Å². The van der Waals surface area contributed by atoms with Crippen molar-refractivity contribution in [1.29, 1.82) is 0 Å². The molecule has 0 aromatic rings. The summed E-state index contributed by atoms with van der Waals surface area (Å²) in [7, 11) is -1.22. The number of hydrogen-bond donors (Lipinski definition) is 2. The molecule has 0 spiro atoms. The quantitative estimate of drug-likeness (QED) is 0.463. The van der Waals surface area contributed by atoms with Gasteiger partial charge in [-0.25, -0.2) is 0 Å². The average Bonchev–Trinajstić information content (AvgIpc) is 1.98. The molecule has 2 nitrogen and oxygen atoms in total. The van der Waals surface area contributed by atoms with Crippen LogP contribution < -0.4 is 0 Å². The molecule has 0 aliphatic rings. The van der Waals surface area contributed by atoms with E-state index in [9.17, 15) is 0 Å². The van der Waals surface area contributed by atoms with Crippen LogP contribution in [0.3, 0.4) is 0 Å². The lowest BCUT2D eigenvalue weighted by Gasteiger charge is -2.10. The fraction of sp³-hybridized carbons (Fsp3) is 1.00.